The number of ether oxygens (including phenoxy) is 5. The zero-order valence-corrected chi connectivity index (χ0v) is 18.7. The number of halogens is 1. The maximum Gasteiger partial charge on any atom is 0.326 e. The van der Waals surface area contributed by atoms with Crippen LogP contribution in [-0.4, -0.2) is 44.5 Å². The third kappa shape index (κ3) is 6.14. The summed E-state index contributed by atoms with van der Waals surface area (Å²) in [6.45, 7) is 0. The number of rotatable bonds is 10. The maximum atomic E-state index is 12.6. The quantitative estimate of drug-likeness (QED) is 0.307. The van der Waals surface area contributed by atoms with Gasteiger partial charge in [0, 0.05) is 17.5 Å². The molecule has 0 saturated heterocycles. The van der Waals surface area contributed by atoms with Crippen LogP contribution in [0.2, 0.25) is 0 Å². The molecule has 162 valence electrons. The number of carbonyl (C=O) groups is 1. The van der Waals surface area contributed by atoms with E-state index in [1.54, 1.807) is 48.9 Å². The van der Waals surface area contributed by atoms with Gasteiger partial charge >= 0.3 is 5.97 Å². The van der Waals surface area contributed by atoms with Gasteiger partial charge in [0.25, 0.3) is 0 Å². The van der Waals surface area contributed by atoms with Crippen molar-refractivity contribution in [3.63, 3.8) is 0 Å². The van der Waals surface area contributed by atoms with Crippen LogP contribution in [0.25, 0.3) is 6.08 Å². The molecule has 2 rings (SSSR count). The lowest BCUT2D eigenvalue weighted by Gasteiger charge is -2.12. The highest BCUT2D eigenvalue weighted by Gasteiger charge is 2.13. The third-order valence-electron chi connectivity index (χ3n) is 4.01. The molecule has 0 bridgehead atoms. The Labute approximate surface area is 182 Å². The van der Waals surface area contributed by atoms with E-state index in [-0.39, 0.29) is 17.4 Å². The molecule has 7 nitrogen and oxygen atoms in total. The molecule has 0 aliphatic carbocycles. The van der Waals surface area contributed by atoms with Gasteiger partial charge in [0.2, 0.25) is 0 Å². The largest absolute Gasteiger partial charge is 0.496 e. The lowest BCUT2D eigenvalue weighted by Crippen LogP contribution is -2.10. The predicted molar refractivity (Wildman–Crippen MR) is 116 cm³/mol. The minimum atomic E-state index is -1.36. The van der Waals surface area contributed by atoms with E-state index in [0.29, 0.717) is 34.1 Å². The molecule has 0 aromatic heterocycles. The molecular formula is C21H23ClO7S. The first-order chi connectivity index (χ1) is 14.4. The van der Waals surface area contributed by atoms with Gasteiger partial charge in [-0.3, -0.25) is 9.00 Å². The van der Waals surface area contributed by atoms with Crippen molar-refractivity contribution in [3.05, 3.63) is 46.9 Å². The van der Waals surface area contributed by atoms with Crippen LogP contribution in [0, 0.1) is 0 Å². The van der Waals surface area contributed by atoms with Crippen molar-refractivity contribution in [1.29, 1.82) is 0 Å². The Balaban J connectivity index is 2.22. The Kier molecular flexibility index (Phi) is 9.01. The fourth-order valence-corrected chi connectivity index (χ4v) is 3.54. The van der Waals surface area contributed by atoms with Gasteiger partial charge in [-0.05, 0) is 23.8 Å². The van der Waals surface area contributed by atoms with Crippen molar-refractivity contribution in [1.82, 2.24) is 0 Å². The number of carbonyl (C=O) groups excluding carboxylic acids is 1. The van der Waals surface area contributed by atoms with E-state index in [9.17, 15) is 9.00 Å². The van der Waals surface area contributed by atoms with Crippen molar-refractivity contribution in [3.8, 4) is 28.7 Å². The fourth-order valence-electron chi connectivity index (χ4n) is 2.59. The van der Waals surface area contributed by atoms with Crippen molar-refractivity contribution >= 4 is 34.4 Å². The van der Waals surface area contributed by atoms with Crippen LogP contribution in [0.5, 0.6) is 28.7 Å². The summed E-state index contributed by atoms with van der Waals surface area (Å²) in [7, 11) is 4.71. The van der Waals surface area contributed by atoms with Crippen molar-refractivity contribution in [2.24, 2.45) is 0 Å². The number of hydrogen-bond donors (Lipinski definition) is 0. The van der Waals surface area contributed by atoms with Crippen molar-refractivity contribution in [2.45, 2.75) is 5.75 Å². The van der Waals surface area contributed by atoms with Crippen LogP contribution in [0.15, 0.2) is 35.7 Å². The molecule has 30 heavy (non-hydrogen) atoms. The molecule has 0 spiro atoms. The number of alkyl halides is 1. The molecule has 0 N–H and O–H groups in total. The maximum absolute atomic E-state index is 12.6. The number of methoxy groups -OCH3 is 4. The molecule has 0 fully saturated rings. The number of benzene rings is 2. The molecular weight excluding hydrogens is 432 g/mol. The normalized spacial score (nSPS) is 11.8. The number of esters is 1. The highest BCUT2D eigenvalue weighted by atomic mass is 35.5. The molecule has 0 amide bonds. The van der Waals surface area contributed by atoms with E-state index < -0.39 is 16.8 Å². The Morgan fingerprint density at radius 1 is 0.933 bits per heavy atom. The first-order valence-corrected chi connectivity index (χ1v) is 10.7. The van der Waals surface area contributed by atoms with Gasteiger partial charge in [-0.15, -0.1) is 11.6 Å². The highest BCUT2D eigenvalue weighted by Crippen LogP contribution is 2.35. The molecule has 1 unspecified atom stereocenters. The lowest BCUT2D eigenvalue weighted by molar-refractivity contribution is -0.131. The molecule has 9 heteroatoms. The van der Waals surface area contributed by atoms with Gasteiger partial charge in [-0.2, -0.15) is 0 Å². The smallest absolute Gasteiger partial charge is 0.326 e. The molecule has 2 aromatic carbocycles. The number of hydrogen-bond acceptors (Lipinski definition) is 7. The average molecular weight is 455 g/mol. The van der Waals surface area contributed by atoms with Crippen LogP contribution in [0.3, 0.4) is 0 Å². The second kappa shape index (κ2) is 11.5. The molecule has 0 radical (unpaired) electrons. The summed E-state index contributed by atoms with van der Waals surface area (Å²) >= 11 is 5.49. The van der Waals surface area contributed by atoms with Gasteiger partial charge in [-0.1, -0.05) is 6.07 Å². The average Bonchev–Trinajstić information content (AvgIpc) is 2.77. The Morgan fingerprint density at radius 3 is 2.10 bits per heavy atom. The monoisotopic (exact) mass is 454 g/mol. The van der Waals surface area contributed by atoms with Crippen molar-refractivity contribution in [2.75, 3.05) is 34.3 Å². The van der Waals surface area contributed by atoms with Crippen LogP contribution in [0.4, 0.5) is 0 Å². The van der Waals surface area contributed by atoms with Gasteiger partial charge in [-0.25, -0.2) is 0 Å². The van der Waals surface area contributed by atoms with E-state index in [0.717, 1.165) is 0 Å². The Morgan fingerprint density at radius 2 is 1.57 bits per heavy atom. The van der Waals surface area contributed by atoms with Gasteiger partial charge in [0.1, 0.15) is 23.1 Å². The second-order valence-electron chi connectivity index (χ2n) is 5.87. The summed E-state index contributed by atoms with van der Waals surface area (Å²) in [6.07, 6.45) is 1.67. The van der Waals surface area contributed by atoms with Crippen molar-refractivity contribution < 1.29 is 32.7 Å². The summed E-state index contributed by atoms with van der Waals surface area (Å²) in [5.41, 5.74) is 1.34. The third-order valence-corrected chi connectivity index (χ3v) is 5.29. The fraction of sp³-hybridized carbons (Fsp3) is 0.286. The van der Waals surface area contributed by atoms with Crippen LogP contribution in [-0.2, 0) is 21.3 Å². The zero-order valence-electron chi connectivity index (χ0n) is 17.1. The summed E-state index contributed by atoms with van der Waals surface area (Å²) in [4.78, 5) is 11.5. The van der Waals surface area contributed by atoms with Crippen LogP contribution >= 0.6 is 11.6 Å². The molecule has 1 atom stereocenters. The Hall–Kier alpha value is -2.71. The SMILES string of the molecule is COc1cc(OC)c(/C=C/S(=O)Cc2ccc(OC)c(OC(=O)CCl)c2)c(OC)c1. The second-order valence-corrected chi connectivity index (χ2v) is 7.46. The van der Waals surface area contributed by atoms with E-state index in [4.69, 9.17) is 35.3 Å². The first kappa shape index (κ1) is 23.6. The highest BCUT2D eigenvalue weighted by molar-refractivity contribution is 7.87. The summed E-state index contributed by atoms with van der Waals surface area (Å²) in [5, 5.41) is 1.54. The summed E-state index contributed by atoms with van der Waals surface area (Å²) in [5.74, 6) is 1.55. The first-order valence-electron chi connectivity index (χ1n) is 8.74. The van der Waals surface area contributed by atoms with Crippen LogP contribution in [0.1, 0.15) is 11.1 Å². The van der Waals surface area contributed by atoms with Gasteiger partial charge < -0.3 is 23.7 Å². The topological polar surface area (TPSA) is 80.3 Å². The van der Waals surface area contributed by atoms with E-state index in [1.165, 1.54) is 21.3 Å². The van der Waals surface area contributed by atoms with E-state index >= 15 is 0 Å². The summed E-state index contributed by atoms with van der Waals surface area (Å²) in [6, 6.07) is 8.42. The molecule has 0 saturated carbocycles. The zero-order chi connectivity index (χ0) is 22.1. The van der Waals surface area contributed by atoms with E-state index in [1.807, 2.05) is 0 Å². The van der Waals surface area contributed by atoms with Crippen LogP contribution < -0.4 is 23.7 Å². The molecule has 0 aliphatic rings. The standard InChI is InChI=1S/C21H23ClO7S/c1-25-15-10-18(27-3)16(19(11-15)28-4)7-8-30(24)13-14-5-6-17(26-2)20(9-14)29-21(23)12-22/h5-11H,12-13H2,1-4H3/b8-7+. The Bertz CT molecular complexity index is 918. The minimum Gasteiger partial charge on any atom is -0.496 e. The lowest BCUT2D eigenvalue weighted by atomic mass is 10.1. The minimum absolute atomic E-state index is 0.201. The molecule has 2 aromatic rings. The van der Waals surface area contributed by atoms with Gasteiger partial charge in [0.15, 0.2) is 11.5 Å². The predicted octanol–water partition coefficient (Wildman–Crippen LogP) is 3.78. The van der Waals surface area contributed by atoms with E-state index in [2.05, 4.69) is 0 Å². The molecule has 0 heterocycles. The van der Waals surface area contributed by atoms with Gasteiger partial charge in [0.05, 0.1) is 50.6 Å². The molecule has 0 aliphatic heterocycles. The summed E-state index contributed by atoms with van der Waals surface area (Å²) < 4.78 is 38.9.